The van der Waals surface area contributed by atoms with E-state index in [1.54, 1.807) is 7.05 Å². The standard InChI is InChI=1S/C21H28N2O2/c1-3-25-19-12-11-16-13-18(10-9-17(16)14-19)20(23-21(24)22-2)15-7-5-4-6-8-15/h9-15,20H,3-8H2,1-2H3,(H2,22,23,24). The van der Waals surface area contributed by atoms with Crippen LogP contribution in [-0.2, 0) is 0 Å². The summed E-state index contributed by atoms with van der Waals surface area (Å²) in [5, 5.41) is 8.22. The number of hydrogen-bond acceptors (Lipinski definition) is 2. The van der Waals surface area contributed by atoms with Crippen molar-refractivity contribution in [2.45, 2.75) is 45.1 Å². The van der Waals surface area contributed by atoms with Crippen molar-refractivity contribution in [2.24, 2.45) is 5.92 Å². The molecule has 1 fully saturated rings. The zero-order valence-corrected chi connectivity index (χ0v) is 15.2. The van der Waals surface area contributed by atoms with Crippen molar-refractivity contribution in [3.8, 4) is 5.75 Å². The summed E-state index contributed by atoms with van der Waals surface area (Å²) in [4.78, 5) is 12.0. The van der Waals surface area contributed by atoms with Crippen LogP contribution in [0.25, 0.3) is 10.8 Å². The van der Waals surface area contributed by atoms with Gasteiger partial charge < -0.3 is 15.4 Å². The van der Waals surface area contributed by atoms with E-state index in [1.807, 2.05) is 13.0 Å². The molecule has 2 amide bonds. The number of nitrogens with one attached hydrogen (secondary N) is 2. The van der Waals surface area contributed by atoms with E-state index in [9.17, 15) is 4.79 Å². The molecule has 0 heterocycles. The summed E-state index contributed by atoms with van der Waals surface area (Å²) in [5.74, 6) is 1.40. The van der Waals surface area contributed by atoms with Crippen molar-refractivity contribution in [1.82, 2.24) is 10.6 Å². The highest BCUT2D eigenvalue weighted by atomic mass is 16.5. The summed E-state index contributed by atoms with van der Waals surface area (Å²) >= 11 is 0. The van der Waals surface area contributed by atoms with Gasteiger partial charge in [-0.2, -0.15) is 0 Å². The molecule has 1 atom stereocenters. The first kappa shape index (κ1) is 17.6. The summed E-state index contributed by atoms with van der Waals surface area (Å²) in [6, 6.07) is 12.6. The molecule has 134 valence electrons. The molecule has 1 saturated carbocycles. The third-order valence-corrected chi connectivity index (χ3v) is 5.14. The van der Waals surface area contributed by atoms with Crippen molar-refractivity contribution >= 4 is 16.8 Å². The van der Waals surface area contributed by atoms with Crippen LogP contribution < -0.4 is 15.4 Å². The van der Waals surface area contributed by atoms with E-state index in [1.165, 1.54) is 43.1 Å². The minimum Gasteiger partial charge on any atom is -0.494 e. The molecule has 0 radical (unpaired) electrons. The molecule has 1 aliphatic carbocycles. The quantitative estimate of drug-likeness (QED) is 0.822. The van der Waals surface area contributed by atoms with Crippen LogP contribution in [0, 0.1) is 5.92 Å². The Bertz CT molecular complexity index is 723. The van der Waals surface area contributed by atoms with E-state index in [0.717, 1.165) is 11.1 Å². The fourth-order valence-electron chi connectivity index (χ4n) is 3.85. The number of fused-ring (bicyclic) bond motifs is 1. The van der Waals surface area contributed by atoms with Crippen LogP contribution in [0.1, 0.15) is 50.6 Å². The van der Waals surface area contributed by atoms with Crippen LogP contribution in [0.15, 0.2) is 36.4 Å². The van der Waals surface area contributed by atoms with Crippen LogP contribution in [0.2, 0.25) is 0 Å². The summed E-state index contributed by atoms with van der Waals surface area (Å²) in [7, 11) is 1.67. The molecule has 1 unspecified atom stereocenters. The lowest BCUT2D eigenvalue weighted by Crippen LogP contribution is -2.39. The largest absolute Gasteiger partial charge is 0.494 e. The van der Waals surface area contributed by atoms with Crippen molar-refractivity contribution in [1.29, 1.82) is 0 Å². The predicted molar refractivity (Wildman–Crippen MR) is 102 cm³/mol. The Balaban J connectivity index is 1.90. The van der Waals surface area contributed by atoms with Gasteiger partial charge in [0.25, 0.3) is 0 Å². The fourth-order valence-corrected chi connectivity index (χ4v) is 3.85. The number of benzene rings is 2. The first-order chi connectivity index (χ1) is 12.2. The molecule has 4 nitrogen and oxygen atoms in total. The minimum absolute atomic E-state index is 0.0659. The van der Waals surface area contributed by atoms with Gasteiger partial charge in [-0.3, -0.25) is 0 Å². The molecule has 0 spiro atoms. The van der Waals surface area contributed by atoms with E-state index < -0.39 is 0 Å². The molecule has 0 aliphatic heterocycles. The van der Waals surface area contributed by atoms with Gasteiger partial charge in [0.1, 0.15) is 5.75 Å². The summed E-state index contributed by atoms with van der Waals surface area (Å²) in [6.45, 7) is 2.66. The summed E-state index contributed by atoms with van der Waals surface area (Å²) in [5.41, 5.74) is 1.19. The first-order valence-electron chi connectivity index (χ1n) is 9.36. The molecule has 0 saturated heterocycles. The number of ether oxygens (including phenoxy) is 1. The molecule has 4 heteroatoms. The molecule has 25 heavy (non-hydrogen) atoms. The maximum atomic E-state index is 12.0. The molecule has 0 bridgehead atoms. The van der Waals surface area contributed by atoms with E-state index in [0.29, 0.717) is 12.5 Å². The Labute approximate surface area is 149 Å². The predicted octanol–water partition coefficient (Wildman–Crippen LogP) is 4.79. The Kier molecular flexibility index (Phi) is 5.79. The molecule has 1 aliphatic rings. The van der Waals surface area contributed by atoms with Gasteiger partial charge in [-0.1, -0.05) is 37.5 Å². The lowest BCUT2D eigenvalue weighted by Gasteiger charge is -2.31. The number of carbonyl (C=O) groups excluding carboxylic acids is 1. The van der Waals surface area contributed by atoms with E-state index in [-0.39, 0.29) is 12.1 Å². The van der Waals surface area contributed by atoms with Gasteiger partial charge in [0.15, 0.2) is 0 Å². The second kappa shape index (κ2) is 8.24. The van der Waals surface area contributed by atoms with E-state index in [2.05, 4.69) is 41.0 Å². The lowest BCUT2D eigenvalue weighted by molar-refractivity contribution is 0.223. The van der Waals surface area contributed by atoms with E-state index in [4.69, 9.17) is 4.74 Å². The van der Waals surface area contributed by atoms with Gasteiger partial charge in [0.05, 0.1) is 12.6 Å². The lowest BCUT2D eigenvalue weighted by atomic mass is 9.81. The molecular weight excluding hydrogens is 312 g/mol. The fraction of sp³-hybridized carbons (Fsp3) is 0.476. The van der Waals surface area contributed by atoms with Crippen LogP contribution in [-0.4, -0.2) is 19.7 Å². The van der Waals surface area contributed by atoms with Crippen molar-refractivity contribution < 1.29 is 9.53 Å². The SMILES string of the molecule is CCOc1ccc2cc(C(NC(=O)NC)C3CCCCC3)ccc2c1. The Hall–Kier alpha value is -2.23. The normalized spacial score (nSPS) is 16.4. The maximum absolute atomic E-state index is 12.0. The summed E-state index contributed by atoms with van der Waals surface area (Å²) in [6.07, 6.45) is 6.16. The van der Waals surface area contributed by atoms with Crippen molar-refractivity contribution in [2.75, 3.05) is 13.7 Å². The minimum atomic E-state index is -0.109. The maximum Gasteiger partial charge on any atom is 0.315 e. The molecule has 2 aromatic rings. The van der Waals surface area contributed by atoms with Crippen LogP contribution >= 0.6 is 0 Å². The van der Waals surface area contributed by atoms with Gasteiger partial charge in [-0.25, -0.2) is 4.79 Å². The topological polar surface area (TPSA) is 50.4 Å². The Morgan fingerprint density at radius 1 is 1.12 bits per heavy atom. The average molecular weight is 340 g/mol. The smallest absolute Gasteiger partial charge is 0.315 e. The van der Waals surface area contributed by atoms with Crippen molar-refractivity contribution in [3.05, 3.63) is 42.0 Å². The third kappa shape index (κ3) is 4.25. The zero-order valence-electron chi connectivity index (χ0n) is 15.2. The third-order valence-electron chi connectivity index (χ3n) is 5.14. The number of amides is 2. The highest BCUT2D eigenvalue weighted by Gasteiger charge is 2.26. The second-order valence-corrected chi connectivity index (χ2v) is 6.80. The van der Waals surface area contributed by atoms with Gasteiger partial charge in [0.2, 0.25) is 0 Å². The van der Waals surface area contributed by atoms with Crippen LogP contribution in [0.4, 0.5) is 4.79 Å². The zero-order chi connectivity index (χ0) is 17.6. The van der Waals surface area contributed by atoms with Gasteiger partial charge in [0, 0.05) is 7.05 Å². The highest BCUT2D eigenvalue weighted by molar-refractivity contribution is 5.85. The number of carbonyl (C=O) groups is 1. The Morgan fingerprint density at radius 3 is 2.56 bits per heavy atom. The molecule has 2 aromatic carbocycles. The second-order valence-electron chi connectivity index (χ2n) is 6.80. The highest BCUT2D eigenvalue weighted by Crippen LogP contribution is 2.35. The first-order valence-corrected chi connectivity index (χ1v) is 9.36. The van der Waals surface area contributed by atoms with Crippen LogP contribution in [0.5, 0.6) is 5.75 Å². The number of rotatable bonds is 5. The van der Waals surface area contributed by atoms with Gasteiger partial charge in [-0.05, 0) is 60.2 Å². The molecular formula is C21H28N2O2. The van der Waals surface area contributed by atoms with Crippen molar-refractivity contribution in [3.63, 3.8) is 0 Å². The number of urea groups is 1. The van der Waals surface area contributed by atoms with Gasteiger partial charge in [-0.15, -0.1) is 0 Å². The van der Waals surface area contributed by atoms with Crippen LogP contribution in [0.3, 0.4) is 0 Å². The number of hydrogen-bond donors (Lipinski definition) is 2. The molecule has 0 aromatic heterocycles. The average Bonchev–Trinajstić information content (AvgIpc) is 2.66. The molecule has 2 N–H and O–H groups in total. The summed E-state index contributed by atoms with van der Waals surface area (Å²) < 4.78 is 5.59. The van der Waals surface area contributed by atoms with Gasteiger partial charge >= 0.3 is 6.03 Å². The van der Waals surface area contributed by atoms with E-state index >= 15 is 0 Å². The monoisotopic (exact) mass is 340 g/mol. The molecule has 3 rings (SSSR count). The Morgan fingerprint density at radius 2 is 1.84 bits per heavy atom.